The van der Waals surface area contributed by atoms with Gasteiger partial charge in [-0.1, -0.05) is 18.2 Å². The van der Waals surface area contributed by atoms with E-state index in [4.69, 9.17) is 16.3 Å². The number of alkyl carbamates (subject to hydrolysis) is 1. The maximum Gasteiger partial charge on any atom is 0.406 e. The molecular formula is C26H36N6O4S. The van der Waals surface area contributed by atoms with E-state index < -0.39 is 12.2 Å². The van der Waals surface area contributed by atoms with Crippen LogP contribution in [0.3, 0.4) is 0 Å². The Labute approximate surface area is 221 Å². The lowest BCUT2D eigenvalue weighted by molar-refractivity contribution is -0.148. The molecule has 1 saturated heterocycles. The molecule has 1 aromatic heterocycles. The fourth-order valence-electron chi connectivity index (χ4n) is 4.59. The number of benzene rings is 1. The number of carbonyl (C=O) groups excluding carboxylic acids is 2. The zero-order chi connectivity index (χ0) is 26.4. The summed E-state index contributed by atoms with van der Waals surface area (Å²) in [6.45, 7) is 4.45. The van der Waals surface area contributed by atoms with Crippen LogP contribution < -0.4 is 22.2 Å². The van der Waals surface area contributed by atoms with E-state index in [1.54, 1.807) is 11.3 Å². The third-order valence-electron chi connectivity index (χ3n) is 6.69. The summed E-state index contributed by atoms with van der Waals surface area (Å²) in [4.78, 5) is 29.2. The van der Waals surface area contributed by atoms with Gasteiger partial charge < -0.3 is 36.6 Å². The molecule has 1 saturated carbocycles. The van der Waals surface area contributed by atoms with Gasteiger partial charge in [0, 0.05) is 41.0 Å². The third kappa shape index (κ3) is 6.60. The van der Waals surface area contributed by atoms with Gasteiger partial charge in [0.05, 0.1) is 19.8 Å². The van der Waals surface area contributed by atoms with Gasteiger partial charge in [-0.15, -0.1) is 11.3 Å². The summed E-state index contributed by atoms with van der Waals surface area (Å²) >= 11 is 1.68. The molecule has 2 atom stereocenters. The Bertz CT molecular complexity index is 1130. The van der Waals surface area contributed by atoms with E-state index in [1.807, 2.05) is 29.2 Å². The first-order valence-electron chi connectivity index (χ1n) is 12.7. The second-order valence-corrected chi connectivity index (χ2v) is 10.4. The quantitative estimate of drug-likeness (QED) is 0.122. The van der Waals surface area contributed by atoms with Crippen LogP contribution in [0.1, 0.15) is 48.2 Å². The molecule has 0 spiro atoms. The van der Waals surface area contributed by atoms with Crippen molar-refractivity contribution in [3.8, 4) is 10.4 Å². The van der Waals surface area contributed by atoms with Gasteiger partial charge in [-0.3, -0.25) is 4.79 Å². The standard InChI is InChI=1S/C26H36N6O4S/c1-16(32(20-8-9-20)25(33)21-15-29-11-12-36-21)22-14-18(7-4-10-30-26(34)35-2)23(37-22)17-5-3-6-19(13-17)24(27)31-28/h3,5-6,13-14,16,20-21,29H,4,7-12,15,28H2,1-2H3,(H2,27,31)(H,30,34)/t16-,21-/m1/s1. The van der Waals surface area contributed by atoms with Crippen molar-refractivity contribution >= 4 is 29.2 Å². The van der Waals surface area contributed by atoms with Crippen LogP contribution in [-0.4, -0.2) is 68.2 Å². The lowest BCUT2D eigenvalue weighted by Crippen LogP contribution is -2.50. The Hall–Kier alpha value is -3.15. The molecule has 2 fully saturated rings. The van der Waals surface area contributed by atoms with Crippen LogP contribution in [-0.2, 0) is 20.7 Å². The van der Waals surface area contributed by atoms with Gasteiger partial charge >= 0.3 is 6.09 Å². The van der Waals surface area contributed by atoms with E-state index >= 15 is 0 Å². The Balaban J connectivity index is 1.62. The second-order valence-electron chi connectivity index (χ2n) is 9.34. The summed E-state index contributed by atoms with van der Waals surface area (Å²) < 4.78 is 10.5. The zero-order valence-corrected chi connectivity index (χ0v) is 22.2. The first kappa shape index (κ1) is 26.9. The number of methoxy groups -OCH3 is 1. The van der Waals surface area contributed by atoms with Crippen LogP contribution in [0.5, 0.6) is 0 Å². The lowest BCUT2D eigenvalue weighted by Gasteiger charge is -2.33. The van der Waals surface area contributed by atoms with Gasteiger partial charge in [0.15, 0.2) is 0 Å². The van der Waals surface area contributed by atoms with Gasteiger partial charge in [0.25, 0.3) is 5.91 Å². The van der Waals surface area contributed by atoms with E-state index in [-0.39, 0.29) is 23.8 Å². The fourth-order valence-corrected chi connectivity index (χ4v) is 5.85. The number of ether oxygens (including phenoxy) is 2. The molecule has 10 nitrogen and oxygen atoms in total. The minimum Gasteiger partial charge on any atom is -0.453 e. The Morgan fingerprint density at radius 2 is 2.16 bits per heavy atom. The highest BCUT2D eigenvalue weighted by Gasteiger charge is 2.40. The number of nitrogens with one attached hydrogen (secondary N) is 2. The molecule has 200 valence electrons. The average molecular weight is 529 g/mol. The number of carbonyl (C=O) groups is 2. The van der Waals surface area contributed by atoms with Crippen molar-refractivity contribution in [3.05, 3.63) is 46.3 Å². The topological polar surface area (TPSA) is 144 Å². The highest BCUT2D eigenvalue weighted by Crippen LogP contribution is 2.42. The van der Waals surface area contributed by atoms with Crippen molar-refractivity contribution in [2.75, 3.05) is 33.4 Å². The molecule has 1 aliphatic carbocycles. The van der Waals surface area contributed by atoms with E-state index in [0.717, 1.165) is 58.7 Å². The number of rotatable bonds is 10. The molecule has 2 aromatic rings. The SMILES string of the molecule is COC(=O)NCCCc1cc([C@@H](C)N(C(=O)[C@H]2CNCCO2)C2CC2)sc1-c1cccc(/C(N)=N/N)c1. The number of amidine groups is 1. The number of nitrogens with zero attached hydrogens (tertiary/aromatic N) is 2. The van der Waals surface area contributed by atoms with Gasteiger partial charge in [0.1, 0.15) is 11.9 Å². The van der Waals surface area contributed by atoms with Gasteiger partial charge in [-0.2, -0.15) is 5.10 Å². The smallest absolute Gasteiger partial charge is 0.406 e. The molecule has 6 N–H and O–H groups in total. The molecule has 2 amide bonds. The molecule has 0 radical (unpaired) electrons. The summed E-state index contributed by atoms with van der Waals surface area (Å²) in [5.41, 5.74) is 8.88. The summed E-state index contributed by atoms with van der Waals surface area (Å²) in [7, 11) is 1.35. The van der Waals surface area contributed by atoms with E-state index in [2.05, 4.69) is 33.5 Å². The predicted octanol–water partition coefficient (Wildman–Crippen LogP) is 2.32. The van der Waals surface area contributed by atoms with Crippen molar-refractivity contribution in [1.29, 1.82) is 0 Å². The molecule has 1 aliphatic heterocycles. The van der Waals surface area contributed by atoms with Crippen molar-refractivity contribution in [3.63, 3.8) is 0 Å². The number of thiophene rings is 1. The fraction of sp³-hybridized carbons (Fsp3) is 0.500. The number of aryl methyl sites for hydroxylation is 1. The maximum absolute atomic E-state index is 13.5. The third-order valence-corrected chi connectivity index (χ3v) is 8.09. The molecule has 11 heteroatoms. The molecule has 0 bridgehead atoms. The molecule has 0 unspecified atom stereocenters. The minimum absolute atomic E-state index is 0.0508. The maximum atomic E-state index is 13.5. The zero-order valence-electron chi connectivity index (χ0n) is 21.4. The number of amides is 2. The normalized spacial score (nSPS) is 18.8. The van der Waals surface area contributed by atoms with E-state index in [9.17, 15) is 9.59 Å². The summed E-state index contributed by atoms with van der Waals surface area (Å²) in [5, 5.41) is 9.64. The highest BCUT2D eigenvalue weighted by atomic mass is 32.1. The van der Waals surface area contributed by atoms with Gasteiger partial charge in [-0.25, -0.2) is 4.79 Å². The van der Waals surface area contributed by atoms with E-state index in [1.165, 1.54) is 7.11 Å². The van der Waals surface area contributed by atoms with Crippen LogP contribution in [0, 0.1) is 0 Å². The Morgan fingerprint density at radius 1 is 1.35 bits per heavy atom. The molecule has 1 aromatic carbocycles. The highest BCUT2D eigenvalue weighted by molar-refractivity contribution is 7.15. The monoisotopic (exact) mass is 528 g/mol. The average Bonchev–Trinajstić information content (AvgIpc) is 3.68. The van der Waals surface area contributed by atoms with Gasteiger partial charge in [0.2, 0.25) is 0 Å². The summed E-state index contributed by atoms with van der Waals surface area (Å²) in [6, 6.07) is 10.2. The number of hydrogen-bond donors (Lipinski definition) is 4. The number of morpholine rings is 1. The van der Waals surface area contributed by atoms with E-state index in [0.29, 0.717) is 19.7 Å². The van der Waals surface area contributed by atoms with Gasteiger partial charge in [-0.05, 0) is 55.9 Å². The lowest BCUT2D eigenvalue weighted by atomic mass is 10.0. The first-order chi connectivity index (χ1) is 17.9. The summed E-state index contributed by atoms with van der Waals surface area (Å²) in [5.74, 6) is 5.73. The Kier molecular flexibility index (Phi) is 9.01. The molecule has 4 rings (SSSR count). The van der Waals surface area contributed by atoms with Crippen molar-refractivity contribution in [2.45, 2.75) is 50.8 Å². The minimum atomic E-state index is -0.449. The second kappa shape index (κ2) is 12.4. The van der Waals surface area contributed by atoms with Crippen LogP contribution in [0.15, 0.2) is 35.4 Å². The largest absolute Gasteiger partial charge is 0.453 e. The Morgan fingerprint density at radius 3 is 2.84 bits per heavy atom. The van der Waals surface area contributed by atoms with Crippen molar-refractivity contribution in [1.82, 2.24) is 15.5 Å². The first-order valence-corrected chi connectivity index (χ1v) is 13.5. The van der Waals surface area contributed by atoms with Crippen LogP contribution >= 0.6 is 11.3 Å². The van der Waals surface area contributed by atoms with Crippen LogP contribution in [0.25, 0.3) is 10.4 Å². The predicted molar refractivity (Wildman–Crippen MR) is 144 cm³/mol. The number of hydrazone groups is 1. The van der Waals surface area contributed by atoms with Crippen LogP contribution in [0.2, 0.25) is 0 Å². The van der Waals surface area contributed by atoms with Crippen molar-refractivity contribution < 1.29 is 19.1 Å². The number of nitrogens with two attached hydrogens (primary N) is 2. The molecule has 37 heavy (non-hydrogen) atoms. The molecular weight excluding hydrogens is 492 g/mol. The molecule has 2 heterocycles. The molecule has 2 aliphatic rings. The number of hydrogen-bond acceptors (Lipinski definition) is 8. The summed E-state index contributed by atoms with van der Waals surface area (Å²) in [6.07, 6.45) is 2.63. The van der Waals surface area contributed by atoms with Crippen LogP contribution in [0.4, 0.5) is 4.79 Å². The van der Waals surface area contributed by atoms with Crippen molar-refractivity contribution in [2.24, 2.45) is 16.7 Å².